The van der Waals surface area contributed by atoms with E-state index >= 15 is 0 Å². The fraction of sp³-hybridized carbons (Fsp3) is 0.167. The molecule has 88 valence electrons. The highest BCUT2D eigenvalue weighted by Crippen LogP contribution is 2.20. The van der Waals surface area contributed by atoms with E-state index in [1.54, 1.807) is 18.3 Å². The summed E-state index contributed by atoms with van der Waals surface area (Å²) in [5.41, 5.74) is 4.55. The molecule has 2 rings (SSSR count). The Kier molecular flexibility index (Phi) is 3.32. The average Bonchev–Trinajstić information content (AvgIpc) is 2.38. The number of nitrogens with two attached hydrogens (primary N) is 1. The maximum absolute atomic E-state index is 11.6. The van der Waals surface area contributed by atoms with Crippen LogP contribution in [0.1, 0.15) is 15.9 Å². The van der Waals surface area contributed by atoms with Crippen LogP contribution in [0.2, 0.25) is 0 Å². The second-order valence-corrected chi connectivity index (χ2v) is 3.68. The van der Waals surface area contributed by atoms with Crippen LogP contribution in [-0.4, -0.2) is 17.9 Å². The van der Waals surface area contributed by atoms with Crippen molar-refractivity contribution in [2.45, 2.75) is 6.54 Å². The van der Waals surface area contributed by atoms with E-state index in [1.807, 2.05) is 19.2 Å². The van der Waals surface area contributed by atoms with Gasteiger partial charge < -0.3 is 5.32 Å². The Labute approximate surface area is 99.0 Å². The number of amides is 1. The molecule has 17 heavy (non-hydrogen) atoms. The van der Waals surface area contributed by atoms with Crippen molar-refractivity contribution in [3.8, 4) is 0 Å². The molecule has 0 aliphatic heterocycles. The molecule has 0 radical (unpaired) electrons. The van der Waals surface area contributed by atoms with Gasteiger partial charge in [-0.3, -0.25) is 15.2 Å². The highest BCUT2D eigenvalue weighted by atomic mass is 16.2. The summed E-state index contributed by atoms with van der Waals surface area (Å²) < 4.78 is 0. The number of benzene rings is 1. The van der Waals surface area contributed by atoms with Crippen LogP contribution >= 0.6 is 0 Å². The Bertz CT molecular complexity index is 553. The van der Waals surface area contributed by atoms with Crippen molar-refractivity contribution >= 4 is 16.8 Å². The number of hydrogen-bond acceptors (Lipinski definition) is 4. The summed E-state index contributed by atoms with van der Waals surface area (Å²) in [6.07, 6.45) is 1.71. The van der Waals surface area contributed by atoms with Gasteiger partial charge in [0, 0.05) is 18.1 Å². The van der Waals surface area contributed by atoms with Crippen LogP contribution in [0.3, 0.4) is 0 Å². The number of rotatable bonds is 3. The molecule has 1 amide bonds. The molecule has 0 atom stereocenters. The lowest BCUT2D eigenvalue weighted by molar-refractivity contribution is 0.0955. The van der Waals surface area contributed by atoms with E-state index < -0.39 is 0 Å². The van der Waals surface area contributed by atoms with Crippen molar-refractivity contribution in [1.29, 1.82) is 0 Å². The first-order chi connectivity index (χ1) is 8.27. The second kappa shape index (κ2) is 4.90. The lowest BCUT2D eigenvalue weighted by Crippen LogP contribution is -2.30. The molecule has 4 N–H and O–H groups in total. The van der Waals surface area contributed by atoms with E-state index in [9.17, 15) is 4.79 Å². The largest absolute Gasteiger partial charge is 0.316 e. The van der Waals surface area contributed by atoms with Crippen LogP contribution < -0.4 is 16.6 Å². The van der Waals surface area contributed by atoms with E-state index in [-0.39, 0.29) is 5.91 Å². The summed E-state index contributed by atoms with van der Waals surface area (Å²) in [5.74, 6) is 4.85. The average molecular weight is 230 g/mol. The number of carbonyl (C=O) groups is 1. The monoisotopic (exact) mass is 230 g/mol. The number of nitrogens with zero attached hydrogens (tertiary/aromatic N) is 1. The lowest BCUT2D eigenvalue weighted by atomic mass is 10.0. The van der Waals surface area contributed by atoms with Crippen LogP contribution in [0.4, 0.5) is 0 Å². The summed E-state index contributed by atoms with van der Waals surface area (Å²) in [5, 5.41) is 3.88. The predicted molar refractivity (Wildman–Crippen MR) is 66.2 cm³/mol. The third kappa shape index (κ3) is 2.11. The zero-order valence-electron chi connectivity index (χ0n) is 9.53. The Balaban J connectivity index is 2.66. The van der Waals surface area contributed by atoms with Crippen LogP contribution in [0.25, 0.3) is 10.9 Å². The fourth-order valence-corrected chi connectivity index (χ4v) is 1.84. The zero-order chi connectivity index (χ0) is 12.3. The number of hydrogen-bond donors (Lipinski definition) is 3. The zero-order valence-corrected chi connectivity index (χ0v) is 9.53. The molecule has 5 nitrogen and oxygen atoms in total. The highest BCUT2D eigenvalue weighted by Gasteiger charge is 2.11. The minimum Gasteiger partial charge on any atom is -0.316 e. The highest BCUT2D eigenvalue weighted by molar-refractivity contribution is 6.06. The first-order valence-corrected chi connectivity index (χ1v) is 5.30. The number of fused-ring (bicyclic) bond motifs is 1. The Hall–Kier alpha value is -1.98. The van der Waals surface area contributed by atoms with Crippen LogP contribution in [0.15, 0.2) is 30.5 Å². The number of nitrogens with one attached hydrogen (secondary N) is 2. The fourth-order valence-electron chi connectivity index (χ4n) is 1.84. The maximum atomic E-state index is 11.6. The molecule has 2 aromatic rings. The van der Waals surface area contributed by atoms with Crippen molar-refractivity contribution < 1.29 is 4.79 Å². The number of nitrogen functional groups attached to an aromatic ring is 1. The van der Waals surface area contributed by atoms with Gasteiger partial charge in [0.2, 0.25) is 0 Å². The third-order valence-electron chi connectivity index (χ3n) is 2.60. The SMILES string of the molecule is CNCc1ccc(C(=O)NN)c2cccnc12. The maximum Gasteiger partial charge on any atom is 0.265 e. The van der Waals surface area contributed by atoms with Gasteiger partial charge in [0.1, 0.15) is 0 Å². The molecule has 0 unspecified atom stereocenters. The first kappa shape index (κ1) is 11.5. The molecule has 5 heteroatoms. The van der Waals surface area contributed by atoms with Gasteiger partial charge in [-0.2, -0.15) is 0 Å². The quantitative estimate of drug-likeness (QED) is 0.409. The van der Waals surface area contributed by atoms with Crippen molar-refractivity contribution in [1.82, 2.24) is 15.7 Å². The summed E-state index contributed by atoms with van der Waals surface area (Å²) in [7, 11) is 1.87. The standard InChI is InChI=1S/C12H14N4O/c1-14-7-8-4-5-10(12(17)16-13)9-3-2-6-15-11(8)9/h2-6,14H,7,13H2,1H3,(H,16,17). The number of hydrazine groups is 1. The van der Waals surface area contributed by atoms with Gasteiger partial charge in [0.05, 0.1) is 11.1 Å². The summed E-state index contributed by atoms with van der Waals surface area (Å²) in [6.45, 7) is 0.706. The molecular weight excluding hydrogens is 216 g/mol. The van der Waals surface area contributed by atoms with Crippen LogP contribution in [0, 0.1) is 0 Å². The van der Waals surface area contributed by atoms with Gasteiger partial charge in [0.15, 0.2) is 0 Å². The Morgan fingerprint density at radius 2 is 2.24 bits per heavy atom. The molecule has 1 aromatic carbocycles. The summed E-state index contributed by atoms with van der Waals surface area (Å²) >= 11 is 0. The van der Waals surface area contributed by atoms with Gasteiger partial charge >= 0.3 is 0 Å². The summed E-state index contributed by atoms with van der Waals surface area (Å²) in [4.78, 5) is 15.9. The number of aromatic nitrogens is 1. The molecule has 1 aromatic heterocycles. The Morgan fingerprint density at radius 3 is 2.94 bits per heavy atom. The summed E-state index contributed by atoms with van der Waals surface area (Å²) in [6, 6.07) is 7.32. The molecule has 0 aliphatic carbocycles. The molecule has 0 bridgehead atoms. The molecule has 0 saturated carbocycles. The van der Waals surface area contributed by atoms with E-state index in [0.717, 1.165) is 16.5 Å². The smallest absolute Gasteiger partial charge is 0.265 e. The van der Waals surface area contributed by atoms with Gasteiger partial charge in [-0.15, -0.1) is 0 Å². The Morgan fingerprint density at radius 1 is 1.41 bits per heavy atom. The van der Waals surface area contributed by atoms with Crippen molar-refractivity contribution in [3.63, 3.8) is 0 Å². The molecule has 0 spiro atoms. The van der Waals surface area contributed by atoms with Crippen molar-refractivity contribution in [2.75, 3.05) is 7.05 Å². The van der Waals surface area contributed by atoms with Gasteiger partial charge in [0.25, 0.3) is 5.91 Å². The molecule has 0 aliphatic rings. The van der Waals surface area contributed by atoms with E-state index in [4.69, 9.17) is 5.84 Å². The second-order valence-electron chi connectivity index (χ2n) is 3.68. The van der Waals surface area contributed by atoms with Gasteiger partial charge in [-0.05, 0) is 24.7 Å². The van der Waals surface area contributed by atoms with Gasteiger partial charge in [-0.1, -0.05) is 12.1 Å². The molecule has 1 heterocycles. The lowest BCUT2D eigenvalue weighted by Gasteiger charge is -2.09. The topological polar surface area (TPSA) is 80.0 Å². The van der Waals surface area contributed by atoms with Gasteiger partial charge in [-0.25, -0.2) is 5.84 Å². The molecule has 0 saturated heterocycles. The predicted octanol–water partition coefficient (Wildman–Crippen LogP) is 0.558. The van der Waals surface area contributed by atoms with Crippen LogP contribution in [-0.2, 0) is 6.54 Å². The van der Waals surface area contributed by atoms with Crippen molar-refractivity contribution in [3.05, 3.63) is 41.6 Å². The first-order valence-electron chi connectivity index (χ1n) is 5.30. The van der Waals surface area contributed by atoms with E-state index in [2.05, 4.69) is 15.7 Å². The normalized spacial score (nSPS) is 10.5. The minimum absolute atomic E-state index is 0.306. The van der Waals surface area contributed by atoms with E-state index in [1.165, 1.54) is 0 Å². The van der Waals surface area contributed by atoms with Crippen molar-refractivity contribution in [2.24, 2.45) is 5.84 Å². The molecule has 0 fully saturated rings. The number of pyridine rings is 1. The number of carbonyl (C=O) groups excluding carboxylic acids is 1. The minimum atomic E-state index is -0.306. The molecular formula is C12H14N4O. The third-order valence-corrected chi connectivity index (χ3v) is 2.60. The van der Waals surface area contributed by atoms with Crippen LogP contribution in [0.5, 0.6) is 0 Å². The van der Waals surface area contributed by atoms with E-state index in [0.29, 0.717) is 12.1 Å².